The van der Waals surface area contributed by atoms with Gasteiger partial charge in [0.2, 0.25) is 0 Å². The second-order valence-electron chi connectivity index (χ2n) is 6.32. The van der Waals surface area contributed by atoms with Crippen LogP contribution in [-0.2, 0) is 10.5 Å². The monoisotopic (exact) mass is 371 g/mol. The Morgan fingerprint density at radius 2 is 1.92 bits per heavy atom. The lowest BCUT2D eigenvalue weighted by Crippen LogP contribution is -2.12. The second kappa shape index (κ2) is 8.76. The number of aliphatic carboxylic acids is 1. The van der Waals surface area contributed by atoms with E-state index in [1.54, 1.807) is 12.1 Å². The van der Waals surface area contributed by atoms with Gasteiger partial charge in [-0.3, -0.25) is 9.59 Å². The number of nitrogens with one attached hydrogen (secondary N) is 1. The topological polar surface area (TPSA) is 75.6 Å². The number of carboxylic acid groups (broad SMARTS) is 1. The van der Waals surface area contributed by atoms with E-state index in [2.05, 4.69) is 5.32 Å². The van der Waals surface area contributed by atoms with Crippen LogP contribution in [0.15, 0.2) is 48.5 Å². The molecule has 2 N–H and O–H groups in total. The van der Waals surface area contributed by atoms with Gasteiger partial charge in [-0.2, -0.15) is 0 Å². The zero-order valence-corrected chi connectivity index (χ0v) is 15.1. The first kappa shape index (κ1) is 18.3. The summed E-state index contributed by atoms with van der Waals surface area (Å²) >= 11 is 1.32. The number of carboxylic acids is 1. The van der Waals surface area contributed by atoms with Gasteiger partial charge in [0, 0.05) is 17.0 Å². The van der Waals surface area contributed by atoms with Crippen LogP contribution in [0.2, 0.25) is 0 Å². The minimum Gasteiger partial charge on any atom is -0.493 e. The molecule has 0 aromatic heterocycles. The summed E-state index contributed by atoms with van der Waals surface area (Å²) in [6.07, 6.45) is 2.49. The molecular weight excluding hydrogens is 350 g/mol. The summed E-state index contributed by atoms with van der Waals surface area (Å²) in [4.78, 5) is 23.0. The van der Waals surface area contributed by atoms with Gasteiger partial charge in [0.1, 0.15) is 5.75 Å². The fourth-order valence-electron chi connectivity index (χ4n) is 2.40. The lowest BCUT2D eigenvalue weighted by Gasteiger charge is -2.09. The van der Waals surface area contributed by atoms with E-state index in [4.69, 9.17) is 9.84 Å². The first-order valence-corrected chi connectivity index (χ1v) is 9.68. The van der Waals surface area contributed by atoms with E-state index in [1.165, 1.54) is 24.6 Å². The van der Waals surface area contributed by atoms with Crippen molar-refractivity contribution < 1.29 is 19.4 Å². The van der Waals surface area contributed by atoms with Crippen LogP contribution in [0.3, 0.4) is 0 Å². The van der Waals surface area contributed by atoms with Gasteiger partial charge < -0.3 is 15.2 Å². The van der Waals surface area contributed by atoms with Gasteiger partial charge >= 0.3 is 5.97 Å². The third kappa shape index (κ3) is 5.81. The smallest absolute Gasteiger partial charge is 0.313 e. The molecule has 0 atom stereocenters. The minimum absolute atomic E-state index is 0.0613. The average Bonchev–Trinajstić information content (AvgIpc) is 3.45. The number of rotatable bonds is 9. The van der Waals surface area contributed by atoms with E-state index >= 15 is 0 Å². The van der Waals surface area contributed by atoms with Crippen molar-refractivity contribution in [3.05, 3.63) is 59.7 Å². The van der Waals surface area contributed by atoms with Crippen LogP contribution in [0.4, 0.5) is 5.69 Å². The maximum atomic E-state index is 12.4. The molecule has 2 aromatic carbocycles. The van der Waals surface area contributed by atoms with Crippen molar-refractivity contribution in [3.8, 4) is 5.75 Å². The van der Waals surface area contributed by atoms with Crippen molar-refractivity contribution >= 4 is 29.3 Å². The highest BCUT2D eigenvalue weighted by atomic mass is 32.2. The number of thioether (sulfide) groups is 1. The Labute approximate surface area is 156 Å². The van der Waals surface area contributed by atoms with Crippen molar-refractivity contribution in [2.24, 2.45) is 5.92 Å². The van der Waals surface area contributed by atoms with Gasteiger partial charge in [-0.05, 0) is 60.7 Å². The number of anilines is 1. The Bertz CT molecular complexity index is 772. The Morgan fingerprint density at radius 1 is 1.15 bits per heavy atom. The molecule has 136 valence electrons. The molecule has 1 amide bonds. The molecule has 3 rings (SSSR count). The summed E-state index contributed by atoms with van der Waals surface area (Å²) < 4.78 is 5.68. The second-order valence-corrected chi connectivity index (χ2v) is 7.31. The molecule has 0 aliphatic heterocycles. The van der Waals surface area contributed by atoms with E-state index in [0.29, 0.717) is 22.9 Å². The van der Waals surface area contributed by atoms with Crippen LogP contribution < -0.4 is 10.1 Å². The third-order valence-corrected chi connectivity index (χ3v) is 4.97. The molecule has 0 radical (unpaired) electrons. The molecule has 1 fully saturated rings. The maximum Gasteiger partial charge on any atom is 0.313 e. The summed E-state index contributed by atoms with van der Waals surface area (Å²) in [7, 11) is 0. The molecule has 0 saturated heterocycles. The normalized spacial score (nSPS) is 13.2. The van der Waals surface area contributed by atoms with Gasteiger partial charge in [-0.15, -0.1) is 11.8 Å². The quantitative estimate of drug-likeness (QED) is 0.696. The number of carbonyl (C=O) groups excluding carboxylic acids is 1. The number of hydrogen-bond donors (Lipinski definition) is 2. The van der Waals surface area contributed by atoms with Gasteiger partial charge in [-0.1, -0.05) is 12.1 Å². The first-order chi connectivity index (χ1) is 12.6. The van der Waals surface area contributed by atoms with Crippen LogP contribution in [0.1, 0.15) is 28.8 Å². The minimum atomic E-state index is -0.830. The van der Waals surface area contributed by atoms with Crippen molar-refractivity contribution in [2.75, 3.05) is 17.7 Å². The Morgan fingerprint density at radius 3 is 2.62 bits per heavy atom. The summed E-state index contributed by atoms with van der Waals surface area (Å²) in [5.74, 6) is 1.11. The standard InChI is InChI=1S/C20H21NO4S/c22-19(23)13-26-12-15-2-1-3-17(10-15)21-20(24)16-6-8-18(9-7-16)25-11-14-4-5-14/h1-3,6-10,14H,4-5,11-13H2,(H,21,24)(H,22,23). The van der Waals surface area contributed by atoms with E-state index in [1.807, 2.05) is 36.4 Å². The van der Waals surface area contributed by atoms with Gasteiger partial charge in [-0.25, -0.2) is 0 Å². The van der Waals surface area contributed by atoms with E-state index in [9.17, 15) is 9.59 Å². The molecule has 0 spiro atoms. The van der Waals surface area contributed by atoms with Crippen molar-refractivity contribution in [1.29, 1.82) is 0 Å². The summed E-state index contributed by atoms with van der Waals surface area (Å²) in [6, 6.07) is 14.6. The number of hydrogen-bond acceptors (Lipinski definition) is 4. The molecular formula is C20H21NO4S. The number of ether oxygens (including phenoxy) is 1. The molecule has 0 heterocycles. The van der Waals surface area contributed by atoms with Crippen LogP contribution in [-0.4, -0.2) is 29.3 Å². The fraction of sp³-hybridized carbons (Fsp3) is 0.300. The molecule has 1 aliphatic rings. The largest absolute Gasteiger partial charge is 0.493 e. The third-order valence-electron chi connectivity index (χ3n) is 3.98. The molecule has 1 aliphatic carbocycles. The highest BCUT2D eigenvalue weighted by molar-refractivity contribution is 7.99. The lowest BCUT2D eigenvalue weighted by atomic mass is 10.2. The van der Waals surface area contributed by atoms with Crippen LogP contribution in [0.5, 0.6) is 5.75 Å². The number of benzene rings is 2. The molecule has 0 unspecified atom stereocenters. The van der Waals surface area contributed by atoms with Crippen LogP contribution >= 0.6 is 11.8 Å². The molecule has 5 nitrogen and oxygen atoms in total. The summed E-state index contributed by atoms with van der Waals surface area (Å²) in [6.45, 7) is 0.748. The Kier molecular flexibility index (Phi) is 6.17. The van der Waals surface area contributed by atoms with E-state index in [-0.39, 0.29) is 11.7 Å². The van der Waals surface area contributed by atoms with Gasteiger partial charge in [0.15, 0.2) is 0 Å². The Balaban J connectivity index is 1.54. The van der Waals surface area contributed by atoms with Gasteiger partial charge in [0.05, 0.1) is 12.4 Å². The maximum absolute atomic E-state index is 12.4. The van der Waals surface area contributed by atoms with Crippen molar-refractivity contribution in [3.63, 3.8) is 0 Å². The highest BCUT2D eigenvalue weighted by Gasteiger charge is 2.21. The van der Waals surface area contributed by atoms with E-state index in [0.717, 1.165) is 17.9 Å². The van der Waals surface area contributed by atoms with Crippen molar-refractivity contribution in [2.45, 2.75) is 18.6 Å². The first-order valence-electron chi connectivity index (χ1n) is 8.53. The Hall–Kier alpha value is -2.47. The average molecular weight is 371 g/mol. The SMILES string of the molecule is O=C(O)CSCc1cccc(NC(=O)c2ccc(OCC3CC3)cc2)c1. The molecule has 0 bridgehead atoms. The fourth-order valence-corrected chi connectivity index (χ4v) is 3.09. The molecule has 26 heavy (non-hydrogen) atoms. The predicted octanol–water partition coefficient (Wildman–Crippen LogP) is 4.05. The van der Waals surface area contributed by atoms with Crippen molar-refractivity contribution in [1.82, 2.24) is 0 Å². The lowest BCUT2D eigenvalue weighted by molar-refractivity contribution is -0.133. The van der Waals surface area contributed by atoms with E-state index < -0.39 is 5.97 Å². The predicted molar refractivity (Wildman–Crippen MR) is 103 cm³/mol. The zero-order valence-electron chi connectivity index (χ0n) is 14.3. The number of carbonyl (C=O) groups is 2. The van der Waals surface area contributed by atoms with Crippen LogP contribution in [0.25, 0.3) is 0 Å². The summed E-state index contributed by atoms with van der Waals surface area (Å²) in [5, 5.41) is 11.6. The zero-order chi connectivity index (χ0) is 18.4. The van der Waals surface area contributed by atoms with Crippen LogP contribution in [0, 0.1) is 5.92 Å². The molecule has 1 saturated carbocycles. The molecule has 2 aromatic rings. The highest BCUT2D eigenvalue weighted by Crippen LogP contribution is 2.29. The van der Waals surface area contributed by atoms with Gasteiger partial charge in [0.25, 0.3) is 5.91 Å². The summed E-state index contributed by atoms with van der Waals surface area (Å²) in [5.41, 5.74) is 2.23. The molecule has 6 heteroatoms. The number of amides is 1.